The van der Waals surface area contributed by atoms with Crippen LogP contribution in [0.2, 0.25) is 5.02 Å². The fraction of sp³-hybridized carbons (Fsp3) is 0.417. The molecule has 90 valence electrons. The molecule has 1 aliphatic rings. The highest BCUT2D eigenvalue weighted by molar-refractivity contribution is 7.99. The monoisotopic (exact) mass is 268 g/mol. The van der Waals surface area contributed by atoms with E-state index in [1.54, 1.807) is 11.8 Å². The minimum absolute atomic E-state index is 0.386. The molecule has 1 saturated heterocycles. The highest BCUT2D eigenvalue weighted by Crippen LogP contribution is 2.25. The summed E-state index contributed by atoms with van der Waals surface area (Å²) >= 11 is 7.65. The molecule has 2 aromatic rings. The third-order valence-corrected chi connectivity index (χ3v) is 4.09. The molecule has 1 aliphatic heterocycles. The number of nitrogens with zero attached hydrogens (tertiary/aromatic N) is 1. The summed E-state index contributed by atoms with van der Waals surface area (Å²) in [6.07, 6.45) is 2.73. The number of ether oxygens (including phenoxy) is 1. The van der Waals surface area contributed by atoms with Crippen molar-refractivity contribution in [3.8, 4) is 0 Å². The van der Waals surface area contributed by atoms with E-state index >= 15 is 0 Å². The lowest BCUT2D eigenvalue weighted by Gasteiger charge is -2.05. The maximum Gasteiger partial charge on any atom is 0.166 e. The van der Waals surface area contributed by atoms with Crippen LogP contribution in [0.4, 0.5) is 0 Å². The number of rotatable bonds is 3. The molecule has 0 bridgehead atoms. The Balaban J connectivity index is 1.72. The van der Waals surface area contributed by atoms with Gasteiger partial charge in [-0.3, -0.25) is 0 Å². The van der Waals surface area contributed by atoms with Crippen molar-refractivity contribution in [2.75, 3.05) is 12.4 Å². The zero-order chi connectivity index (χ0) is 11.7. The number of halogens is 1. The van der Waals surface area contributed by atoms with Crippen LogP contribution in [0.15, 0.2) is 23.4 Å². The van der Waals surface area contributed by atoms with Crippen LogP contribution in [0.1, 0.15) is 12.8 Å². The van der Waals surface area contributed by atoms with Crippen molar-refractivity contribution in [2.24, 2.45) is 0 Å². The van der Waals surface area contributed by atoms with E-state index in [1.807, 2.05) is 18.2 Å². The van der Waals surface area contributed by atoms with Gasteiger partial charge in [0, 0.05) is 17.4 Å². The van der Waals surface area contributed by atoms with Gasteiger partial charge >= 0.3 is 0 Å². The van der Waals surface area contributed by atoms with Crippen molar-refractivity contribution in [1.82, 2.24) is 9.97 Å². The summed E-state index contributed by atoms with van der Waals surface area (Å²) in [4.78, 5) is 7.78. The Bertz CT molecular complexity index is 522. The quantitative estimate of drug-likeness (QED) is 0.866. The Morgan fingerprint density at radius 1 is 1.53 bits per heavy atom. The first-order valence-electron chi connectivity index (χ1n) is 5.71. The number of aromatic amines is 1. The van der Waals surface area contributed by atoms with E-state index in [0.29, 0.717) is 6.10 Å². The lowest BCUT2D eigenvalue weighted by atomic mass is 10.3. The molecule has 0 saturated carbocycles. The van der Waals surface area contributed by atoms with E-state index in [0.717, 1.165) is 33.6 Å². The Kier molecular flexibility index (Phi) is 3.27. The number of hydrogen-bond acceptors (Lipinski definition) is 3. The second-order valence-corrected chi connectivity index (χ2v) is 5.59. The summed E-state index contributed by atoms with van der Waals surface area (Å²) in [6, 6.07) is 5.70. The molecule has 0 amide bonds. The molecule has 0 radical (unpaired) electrons. The van der Waals surface area contributed by atoms with Crippen molar-refractivity contribution >= 4 is 34.4 Å². The lowest BCUT2D eigenvalue weighted by Crippen LogP contribution is -2.07. The van der Waals surface area contributed by atoms with E-state index in [4.69, 9.17) is 16.3 Å². The number of nitrogens with one attached hydrogen (secondary N) is 1. The van der Waals surface area contributed by atoms with Crippen LogP contribution in [0.25, 0.3) is 11.0 Å². The summed E-state index contributed by atoms with van der Waals surface area (Å²) < 4.78 is 5.58. The molecule has 1 atom stereocenters. The van der Waals surface area contributed by atoms with Gasteiger partial charge in [0.2, 0.25) is 0 Å². The van der Waals surface area contributed by atoms with Gasteiger partial charge in [-0.1, -0.05) is 23.4 Å². The summed E-state index contributed by atoms with van der Waals surface area (Å²) in [5.74, 6) is 0.966. The van der Waals surface area contributed by atoms with Gasteiger partial charge < -0.3 is 9.72 Å². The molecule has 3 rings (SSSR count). The number of hydrogen-bond donors (Lipinski definition) is 1. The van der Waals surface area contributed by atoms with E-state index in [-0.39, 0.29) is 0 Å². The van der Waals surface area contributed by atoms with Crippen molar-refractivity contribution in [3.05, 3.63) is 23.2 Å². The smallest absolute Gasteiger partial charge is 0.166 e. The summed E-state index contributed by atoms with van der Waals surface area (Å²) in [6.45, 7) is 0.904. The average Bonchev–Trinajstić information content (AvgIpc) is 2.94. The van der Waals surface area contributed by atoms with Crippen LogP contribution >= 0.6 is 23.4 Å². The molecule has 0 aliphatic carbocycles. The number of aromatic nitrogens is 2. The summed E-state index contributed by atoms with van der Waals surface area (Å²) in [5, 5.41) is 1.68. The molecular weight excluding hydrogens is 256 g/mol. The topological polar surface area (TPSA) is 37.9 Å². The number of benzene rings is 1. The van der Waals surface area contributed by atoms with Crippen LogP contribution < -0.4 is 0 Å². The molecule has 1 aromatic carbocycles. The first-order valence-corrected chi connectivity index (χ1v) is 7.07. The molecule has 1 N–H and O–H groups in total. The van der Waals surface area contributed by atoms with Crippen LogP contribution in [-0.4, -0.2) is 28.4 Å². The largest absolute Gasteiger partial charge is 0.377 e. The van der Waals surface area contributed by atoms with Crippen molar-refractivity contribution in [1.29, 1.82) is 0 Å². The summed E-state index contributed by atoms with van der Waals surface area (Å²) in [5.41, 5.74) is 1.96. The maximum absolute atomic E-state index is 5.93. The predicted molar refractivity (Wildman–Crippen MR) is 70.8 cm³/mol. The third kappa shape index (κ3) is 2.59. The van der Waals surface area contributed by atoms with Gasteiger partial charge in [-0.2, -0.15) is 0 Å². The minimum Gasteiger partial charge on any atom is -0.377 e. The molecule has 3 nitrogen and oxygen atoms in total. The van der Waals surface area contributed by atoms with Gasteiger partial charge in [0.25, 0.3) is 0 Å². The van der Waals surface area contributed by atoms with Crippen LogP contribution in [-0.2, 0) is 4.74 Å². The maximum atomic E-state index is 5.93. The fourth-order valence-electron chi connectivity index (χ4n) is 1.97. The van der Waals surface area contributed by atoms with Gasteiger partial charge in [0.1, 0.15) is 0 Å². The van der Waals surface area contributed by atoms with Crippen LogP contribution in [0.3, 0.4) is 0 Å². The standard InChI is InChI=1S/C12H13ClN2OS/c13-8-3-4-10-11(6-8)15-12(14-10)17-7-9-2-1-5-16-9/h3-4,6,9H,1-2,5,7H2,(H,14,15). The first-order chi connectivity index (χ1) is 8.31. The predicted octanol–water partition coefficient (Wildman–Crippen LogP) is 3.49. The van der Waals surface area contributed by atoms with Gasteiger partial charge in [-0.15, -0.1) is 0 Å². The van der Waals surface area contributed by atoms with Crippen LogP contribution in [0.5, 0.6) is 0 Å². The summed E-state index contributed by atoms with van der Waals surface area (Å²) in [7, 11) is 0. The molecule has 2 heterocycles. The molecule has 1 unspecified atom stereocenters. The number of thioether (sulfide) groups is 1. The Morgan fingerprint density at radius 2 is 2.47 bits per heavy atom. The van der Waals surface area contributed by atoms with Gasteiger partial charge in [-0.25, -0.2) is 4.98 Å². The number of H-pyrrole nitrogens is 1. The molecular formula is C12H13ClN2OS. The zero-order valence-corrected chi connectivity index (χ0v) is 10.9. The van der Waals surface area contributed by atoms with Gasteiger partial charge in [0.15, 0.2) is 5.16 Å². The van der Waals surface area contributed by atoms with Crippen molar-refractivity contribution < 1.29 is 4.74 Å². The third-order valence-electron chi connectivity index (χ3n) is 2.85. The molecule has 17 heavy (non-hydrogen) atoms. The zero-order valence-electron chi connectivity index (χ0n) is 9.28. The minimum atomic E-state index is 0.386. The highest BCUT2D eigenvalue weighted by atomic mass is 35.5. The second-order valence-electron chi connectivity index (χ2n) is 4.15. The van der Waals surface area contributed by atoms with E-state index in [2.05, 4.69) is 9.97 Å². The average molecular weight is 269 g/mol. The molecule has 1 aromatic heterocycles. The fourth-order valence-corrected chi connectivity index (χ4v) is 3.10. The van der Waals surface area contributed by atoms with E-state index in [1.165, 1.54) is 12.8 Å². The van der Waals surface area contributed by atoms with Crippen molar-refractivity contribution in [3.63, 3.8) is 0 Å². The van der Waals surface area contributed by atoms with E-state index in [9.17, 15) is 0 Å². The van der Waals surface area contributed by atoms with Crippen molar-refractivity contribution in [2.45, 2.75) is 24.1 Å². The van der Waals surface area contributed by atoms with Gasteiger partial charge in [-0.05, 0) is 31.0 Å². The van der Waals surface area contributed by atoms with Gasteiger partial charge in [0.05, 0.1) is 17.1 Å². The normalized spacial score (nSPS) is 20.2. The molecule has 5 heteroatoms. The lowest BCUT2D eigenvalue weighted by molar-refractivity contribution is 0.129. The van der Waals surface area contributed by atoms with E-state index < -0.39 is 0 Å². The number of fused-ring (bicyclic) bond motifs is 1. The SMILES string of the molecule is Clc1ccc2nc(SCC3CCCO3)[nH]c2c1. The first kappa shape index (κ1) is 11.4. The Morgan fingerprint density at radius 3 is 3.29 bits per heavy atom. The second kappa shape index (κ2) is 4.88. The highest BCUT2D eigenvalue weighted by Gasteiger charge is 2.16. The number of imidazole rings is 1. The molecule has 1 fully saturated rings. The Labute approximate surface area is 109 Å². The molecule has 0 spiro atoms. The Hall–Kier alpha value is -0.710. The van der Waals surface area contributed by atoms with Crippen LogP contribution in [0, 0.1) is 0 Å².